The third-order valence-electron chi connectivity index (χ3n) is 2.60. The number of hydrogen-bond donors (Lipinski definition) is 2. The van der Waals surface area contributed by atoms with Gasteiger partial charge in [-0.05, 0) is 6.92 Å². The zero-order valence-electron chi connectivity index (χ0n) is 10.6. The number of rotatable bonds is 6. The molecule has 96 valence electrons. The molecule has 1 aromatic heterocycles. The molecule has 2 aromatic rings. The number of benzene rings is 1. The number of thiazole rings is 1. The first-order valence-electron chi connectivity index (χ1n) is 6.22. The maximum Gasteiger partial charge on any atom is 0.123 e. The fourth-order valence-corrected chi connectivity index (χ4v) is 2.54. The molecule has 1 heterocycles. The lowest BCUT2D eigenvalue weighted by Crippen LogP contribution is -2.32. The molecule has 0 aliphatic carbocycles. The van der Waals surface area contributed by atoms with Gasteiger partial charge in [0.2, 0.25) is 0 Å². The molecule has 0 aliphatic heterocycles. The highest BCUT2D eigenvalue weighted by Crippen LogP contribution is 2.23. The molecule has 18 heavy (non-hydrogen) atoms. The summed E-state index contributed by atoms with van der Waals surface area (Å²) in [5, 5.41) is 6.55. The molecule has 0 amide bonds. The molecule has 3 N–H and O–H groups in total. The highest BCUT2D eigenvalue weighted by molar-refractivity contribution is 7.13. The van der Waals surface area contributed by atoms with E-state index in [9.17, 15) is 0 Å². The van der Waals surface area contributed by atoms with Crippen LogP contribution in [0.3, 0.4) is 0 Å². The van der Waals surface area contributed by atoms with Crippen LogP contribution in [0.2, 0.25) is 0 Å². The molecule has 0 radical (unpaired) electrons. The molecule has 0 bridgehead atoms. The molecule has 0 aliphatic rings. The molecule has 1 atom stereocenters. The van der Waals surface area contributed by atoms with Gasteiger partial charge in [-0.3, -0.25) is 0 Å². The molecule has 3 nitrogen and oxygen atoms in total. The summed E-state index contributed by atoms with van der Waals surface area (Å²) in [7, 11) is 0. The summed E-state index contributed by atoms with van der Waals surface area (Å²) in [6.45, 7) is 3.79. The van der Waals surface area contributed by atoms with E-state index in [0.717, 1.165) is 30.2 Å². The minimum absolute atomic E-state index is 0.209. The summed E-state index contributed by atoms with van der Waals surface area (Å²) >= 11 is 1.70. The van der Waals surface area contributed by atoms with E-state index < -0.39 is 0 Å². The lowest BCUT2D eigenvalue weighted by atomic mass is 10.2. The Morgan fingerprint density at radius 3 is 2.83 bits per heavy atom. The van der Waals surface area contributed by atoms with E-state index >= 15 is 0 Å². The topological polar surface area (TPSA) is 50.9 Å². The number of hydrogen-bond acceptors (Lipinski definition) is 4. The van der Waals surface area contributed by atoms with Crippen molar-refractivity contribution < 1.29 is 0 Å². The quantitative estimate of drug-likeness (QED) is 0.784. The van der Waals surface area contributed by atoms with E-state index in [-0.39, 0.29) is 6.04 Å². The average Bonchev–Trinajstić information content (AvgIpc) is 2.84. The van der Waals surface area contributed by atoms with Gasteiger partial charge in [-0.1, -0.05) is 30.3 Å². The van der Waals surface area contributed by atoms with E-state index in [4.69, 9.17) is 5.73 Å². The number of nitrogens with zero attached hydrogens (tertiary/aromatic N) is 1. The Kier molecular flexibility index (Phi) is 4.87. The highest BCUT2D eigenvalue weighted by Gasteiger charge is 2.03. The van der Waals surface area contributed by atoms with Crippen LogP contribution in [0.5, 0.6) is 0 Å². The Bertz CT molecular complexity index is 465. The van der Waals surface area contributed by atoms with Gasteiger partial charge in [0.15, 0.2) is 0 Å². The Labute approximate surface area is 112 Å². The molecule has 0 saturated carbocycles. The Hall–Kier alpha value is -1.23. The van der Waals surface area contributed by atoms with Gasteiger partial charge in [-0.25, -0.2) is 4.98 Å². The van der Waals surface area contributed by atoms with Gasteiger partial charge in [0.25, 0.3) is 0 Å². The van der Waals surface area contributed by atoms with Crippen molar-refractivity contribution in [1.29, 1.82) is 0 Å². The summed E-state index contributed by atoms with van der Waals surface area (Å²) in [5.74, 6) is 0. The SMILES string of the molecule is CC(N)CNCCc1csc(-c2ccccc2)n1. The zero-order chi connectivity index (χ0) is 12.8. The molecule has 0 spiro atoms. The van der Waals surface area contributed by atoms with E-state index in [1.807, 2.05) is 25.1 Å². The smallest absolute Gasteiger partial charge is 0.123 e. The van der Waals surface area contributed by atoms with Crippen LogP contribution in [0.15, 0.2) is 35.7 Å². The van der Waals surface area contributed by atoms with Crippen molar-refractivity contribution in [3.8, 4) is 10.6 Å². The van der Waals surface area contributed by atoms with Gasteiger partial charge in [0.1, 0.15) is 5.01 Å². The second-order valence-corrected chi connectivity index (χ2v) is 5.30. The fraction of sp³-hybridized carbons (Fsp3) is 0.357. The van der Waals surface area contributed by atoms with Crippen molar-refractivity contribution in [3.63, 3.8) is 0 Å². The van der Waals surface area contributed by atoms with Crippen molar-refractivity contribution >= 4 is 11.3 Å². The first-order valence-corrected chi connectivity index (χ1v) is 7.10. The molecule has 0 saturated heterocycles. The minimum atomic E-state index is 0.209. The molecule has 4 heteroatoms. The second kappa shape index (κ2) is 6.64. The summed E-state index contributed by atoms with van der Waals surface area (Å²) in [5.41, 5.74) is 8.02. The minimum Gasteiger partial charge on any atom is -0.327 e. The van der Waals surface area contributed by atoms with Crippen LogP contribution >= 0.6 is 11.3 Å². The van der Waals surface area contributed by atoms with Crippen LogP contribution in [0, 0.1) is 0 Å². The van der Waals surface area contributed by atoms with Gasteiger partial charge in [0, 0.05) is 36.5 Å². The Morgan fingerprint density at radius 2 is 2.11 bits per heavy atom. The van der Waals surface area contributed by atoms with Gasteiger partial charge >= 0.3 is 0 Å². The Balaban J connectivity index is 1.87. The lowest BCUT2D eigenvalue weighted by molar-refractivity contribution is 0.606. The Morgan fingerprint density at radius 1 is 1.33 bits per heavy atom. The highest BCUT2D eigenvalue weighted by atomic mass is 32.1. The lowest BCUT2D eigenvalue weighted by Gasteiger charge is -2.05. The molecular formula is C14H19N3S. The molecule has 0 fully saturated rings. The van der Waals surface area contributed by atoms with E-state index in [1.54, 1.807) is 11.3 Å². The van der Waals surface area contributed by atoms with Crippen LogP contribution in [0.25, 0.3) is 10.6 Å². The molecule has 1 aromatic carbocycles. The fourth-order valence-electron chi connectivity index (χ4n) is 1.68. The normalized spacial score (nSPS) is 12.6. The summed E-state index contributed by atoms with van der Waals surface area (Å²) < 4.78 is 0. The first-order chi connectivity index (χ1) is 8.75. The second-order valence-electron chi connectivity index (χ2n) is 4.44. The summed E-state index contributed by atoms with van der Waals surface area (Å²) in [6, 6.07) is 10.5. The van der Waals surface area contributed by atoms with E-state index in [0.29, 0.717) is 0 Å². The molecular weight excluding hydrogens is 242 g/mol. The monoisotopic (exact) mass is 261 g/mol. The van der Waals surface area contributed by atoms with Crippen LogP contribution in [-0.2, 0) is 6.42 Å². The number of aromatic nitrogens is 1. The van der Waals surface area contributed by atoms with Gasteiger partial charge < -0.3 is 11.1 Å². The van der Waals surface area contributed by atoms with Crippen LogP contribution < -0.4 is 11.1 Å². The zero-order valence-corrected chi connectivity index (χ0v) is 11.4. The first kappa shape index (κ1) is 13.2. The van der Waals surface area contributed by atoms with Crippen molar-refractivity contribution in [2.24, 2.45) is 5.73 Å². The third kappa shape index (κ3) is 3.91. The van der Waals surface area contributed by atoms with Gasteiger partial charge in [-0.15, -0.1) is 11.3 Å². The van der Waals surface area contributed by atoms with Crippen molar-refractivity contribution in [1.82, 2.24) is 10.3 Å². The summed E-state index contributed by atoms with van der Waals surface area (Å²) in [6.07, 6.45) is 0.954. The maximum absolute atomic E-state index is 5.68. The standard InChI is InChI=1S/C14H19N3S/c1-11(15)9-16-8-7-13-10-18-14(17-13)12-5-3-2-4-6-12/h2-6,10-11,16H,7-9,15H2,1H3. The largest absolute Gasteiger partial charge is 0.327 e. The van der Waals surface area contributed by atoms with Crippen molar-refractivity contribution in [3.05, 3.63) is 41.4 Å². The predicted molar refractivity (Wildman–Crippen MR) is 77.8 cm³/mol. The summed E-state index contributed by atoms with van der Waals surface area (Å²) in [4.78, 5) is 4.64. The van der Waals surface area contributed by atoms with Crippen LogP contribution in [0.1, 0.15) is 12.6 Å². The molecule has 2 rings (SSSR count). The van der Waals surface area contributed by atoms with E-state index in [1.165, 1.54) is 5.56 Å². The third-order valence-corrected chi connectivity index (χ3v) is 3.54. The maximum atomic E-state index is 5.68. The predicted octanol–water partition coefficient (Wildman–Crippen LogP) is 2.29. The van der Waals surface area contributed by atoms with E-state index in [2.05, 4.69) is 27.8 Å². The van der Waals surface area contributed by atoms with Crippen LogP contribution in [0.4, 0.5) is 0 Å². The average molecular weight is 261 g/mol. The molecule has 1 unspecified atom stereocenters. The number of nitrogens with one attached hydrogen (secondary N) is 1. The van der Waals surface area contributed by atoms with Gasteiger partial charge in [-0.2, -0.15) is 0 Å². The van der Waals surface area contributed by atoms with Crippen molar-refractivity contribution in [2.75, 3.05) is 13.1 Å². The van der Waals surface area contributed by atoms with Crippen LogP contribution in [-0.4, -0.2) is 24.1 Å². The van der Waals surface area contributed by atoms with Gasteiger partial charge in [0.05, 0.1) is 5.69 Å². The number of nitrogens with two attached hydrogens (primary N) is 1. The van der Waals surface area contributed by atoms with Crippen molar-refractivity contribution in [2.45, 2.75) is 19.4 Å².